The van der Waals surface area contributed by atoms with Crippen LogP contribution in [-0.4, -0.2) is 10.2 Å². The average Bonchev–Trinajstić information content (AvgIpc) is 2.37. The molecular formula is C18H28O2. The lowest BCUT2D eigenvalue weighted by molar-refractivity contribution is -0.0429. The van der Waals surface area contributed by atoms with E-state index in [9.17, 15) is 10.2 Å². The van der Waals surface area contributed by atoms with Gasteiger partial charge in [0.1, 0.15) is 0 Å². The molecule has 0 heterocycles. The summed E-state index contributed by atoms with van der Waals surface area (Å²) in [5.41, 5.74) is 6.98. The number of hydrogen-bond donors (Lipinski definition) is 2. The normalized spacial score (nSPS) is 16.7. The van der Waals surface area contributed by atoms with Gasteiger partial charge in [0.2, 0.25) is 0 Å². The molecule has 0 spiro atoms. The van der Waals surface area contributed by atoms with Gasteiger partial charge in [0.25, 0.3) is 0 Å². The highest BCUT2D eigenvalue weighted by molar-refractivity contribution is 5.75. The zero-order valence-electron chi connectivity index (χ0n) is 13.8. The molecule has 1 aliphatic carbocycles. The van der Waals surface area contributed by atoms with Gasteiger partial charge >= 0.3 is 0 Å². The third-order valence-corrected chi connectivity index (χ3v) is 4.46. The quantitative estimate of drug-likeness (QED) is 0.747. The number of fused-ring (bicyclic) bond motifs is 1. The zero-order chi connectivity index (χ0) is 15.7. The molecule has 2 nitrogen and oxygen atoms in total. The SMILES string of the molecule is CC.CC1=C(C)C(C)(C)Cc2ccc(C(O)O)c(C)c21. The first-order valence-corrected chi connectivity index (χ1v) is 7.42. The molecular weight excluding hydrogens is 248 g/mol. The van der Waals surface area contributed by atoms with Crippen molar-refractivity contribution in [3.8, 4) is 0 Å². The predicted octanol–water partition coefficient (Wildman–Crippen LogP) is 4.38. The van der Waals surface area contributed by atoms with Gasteiger partial charge in [-0.05, 0) is 54.9 Å². The van der Waals surface area contributed by atoms with Crippen molar-refractivity contribution in [2.45, 2.75) is 61.2 Å². The maximum Gasteiger partial charge on any atom is 0.178 e. The molecule has 1 aromatic carbocycles. The Balaban J connectivity index is 0.000000956. The summed E-state index contributed by atoms with van der Waals surface area (Å²) in [4.78, 5) is 0. The fourth-order valence-electron chi connectivity index (χ4n) is 3.04. The lowest BCUT2D eigenvalue weighted by atomic mass is 9.69. The van der Waals surface area contributed by atoms with E-state index in [2.05, 4.69) is 27.7 Å². The van der Waals surface area contributed by atoms with E-state index < -0.39 is 6.29 Å². The van der Waals surface area contributed by atoms with Crippen molar-refractivity contribution >= 4 is 5.57 Å². The van der Waals surface area contributed by atoms with E-state index in [1.54, 1.807) is 0 Å². The fourth-order valence-corrected chi connectivity index (χ4v) is 3.04. The maximum atomic E-state index is 9.40. The van der Waals surface area contributed by atoms with E-state index in [1.807, 2.05) is 32.9 Å². The van der Waals surface area contributed by atoms with Crippen LogP contribution in [-0.2, 0) is 6.42 Å². The standard InChI is InChI=1S/C16H22O2.C2H6/c1-9-11(3)16(4,5)8-12-6-7-13(15(17)18)10(2)14(9)12;1-2/h6-7,15,17-18H,8H2,1-5H3;1-2H3. The van der Waals surface area contributed by atoms with Crippen LogP contribution in [0.2, 0.25) is 0 Å². The first-order chi connectivity index (χ1) is 9.25. The molecule has 1 aliphatic rings. The molecule has 0 amide bonds. The third kappa shape index (κ3) is 2.82. The highest BCUT2D eigenvalue weighted by atomic mass is 16.5. The molecule has 0 aromatic heterocycles. The molecule has 0 unspecified atom stereocenters. The van der Waals surface area contributed by atoms with E-state index in [0.717, 1.165) is 12.0 Å². The fraction of sp³-hybridized carbons (Fsp3) is 0.556. The van der Waals surface area contributed by atoms with Crippen LogP contribution in [0.5, 0.6) is 0 Å². The molecule has 0 bridgehead atoms. The molecule has 0 saturated carbocycles. The van der Waals surface area contributed by atoms with Gasteiger partial charge in [-0.2, -0.15) is 0 Å². The Morgan fingerprint density at radius 1 is 1.05 bits per heavy atom. The molecule has 1 aromatic rings. The first kappa shape index (κ1) is 16.9. The number of hydrogen-bond acceptors (Lipinski definition) is 2. The van der Waals surface area contributed by atoms with E-state index >= 15 is 0 Å². The van der Waals surface area contributed by atoms with Crippen molar-refractivity contribution < 1.29 is 10.2 Å². The molecule has 2 N–H and O–H groups in total. The van der Waals surface area contributed by atoms with E-state index in [1.165, 1.54) is 22.3 Å². The molecule has 0 atom stereocenters. The molecule has 2 rings (SSSR count). The second-order valence-corrected chi connectivity index (χ2v) is 6.00. The molecule has 0 saturated heterocycles. The van der Waals surface area contributed by atoms with Crippen molar-refractivity contribution in [3.05, 3.63) is 40.0 Å². The zero-order valence-corrected chi connectivity index (χ0v) is 13.8. The third-order valence-electron chi connectivity index (χ3n) is 4.46. The lowest BCUT2D eigenvalue weighted by Crippen LogP contribution is -2.23. The van der Waals surface area contributed by atoms with Crippen LogP contribution < -0.4 is 0 Å². The van der Waals surface area contributed by atoms with Gasteiger partial charge in [-0.15, -0.1) is 0 Å². The summed E-state index contributed by atoms with van der Waals surface area (Å²) in [5.74, 6) is 0. The first-order valence-electron chi connectivity index (χ1n) is 7.42. The molecule has 0 radical (unpaired) electrons. The molecule has 0 aliphatic heterocycles. The Kier molecular flexibility index (Phi) is 5.17. The van der Waals surface area contributed by atoms with Gasteiger partial charge in [-0.3, -0.25) is 0 Å². The summed E-state index contributed by atoms with van der Waals surface area (Å²) in [5, 5.41) is 18.8. The van der Waals surface area contributed by atoms with Crippen LogP contribution in [0.4, 0.5) is 0 Å². The van der Waals surface area contributed by atoms with E-state index in [0.29, 0.717) is 5.56 Å². The number of rotatable bonds is 1. The summed E-state index contributed by atoms with van der Waals surface area (Å²) >= 11 is 0. The predicted molar refractivity (Wildman–Crippen MR) is 85.5 cm³/mol. The van der Waals surface area contributed by atoms with E-state index in [-0.39, 0.29) is 5.41 Å². The molecule has 0 fully saturated rings. The smallest absolute Gasteiger partial charge is 0.178 e. The second kappa shape index (κ2) is 6.11. The molecule has 2 heteroatoms. The van der Waals surface area contributed by atoms with Gasteiger partial charge in [0.05, 0.1) is 0 Å². The van der Waals surface area contributed by atoms with Crippen LogP contribution in [0.1, 0.15) is 70.1 Å². The Bertz CT molecular complexity index is 522. The summed E-state index contributed by atoms with van der Waals surface area (Å²) < 4.78 is 0. The Labute approximate surface area is 123 Å². The largest absolute Gasteiger partial charge is 0.364 e. The van der Waals surface area contributed by atoms with Gasteiger partial charge in [-0.25, -0.2) is 0 Å². The number of benzene rings is 1. The summed E-state index contributed by atoms with van der Waals surface area (Å²) in [6, 6.07) is 3.87. The van der Waals surface area contributed by atoms with Crippen molar-refractivity contribution in [2.24, 2.45) is 5.41 Å². The Morgan fingerprint density at radius 2 is 1.60 bits per heavy atom. The average molecular weight is 276 g/mol. The van der Waals surface area contributed by atoms with Crippen LogP contribution in [0, 0.1) is 12.3 Å². The highest BCUT2D eigenvalue weighted by Gasteiger charge is 2.30. The van der Waals surface area contributed by atoms with Crippen LogP contribution in [0.15, 0.2) is 17.7 Å². The Morgan fingerprint density at radius 3 is 2.10 bits per heavy atom. The minimum Gasteiger partial charge on any atom is -0.364 e. The molecule has 20 heavy (non-hydrogen) atoms. The van der Waals surface area contributed by atoms with Crippen LogP contribution in [0.3, 0.4) is 0 Å². The summed E-state index contributed by atoms with van der Waals surface area (Å²) in [6.45, 7) is 14.8. The van der Waals surface area contributed by atoms with Crippen molar-refractivity contribution in [2.75, 3.05) is 0 Å². The van der Waals surface area contributed by atoms with Gasteiger partial charge in [-0.1, -0.05) is 45.4 Å². The van der Waals surface area contributed by atoms with Crippen molar-refractivity contribution in [3.63, 3.8) is 0 Å². The minimum atomic E-state index is -1.39. The van der Waals surface area contributed by atoms with Crippen LogP contribution in [0.25, 0.3) is 5.57 Å². The van der Waals surface area contributed by atoms with Gasteiger partial charge in [0.15, 0.2) is 6.29 Å². The van der Waals surface area contributed by atoms with Gasteiger partial charge in [0, 0.05) is 5.56 Å². The molecule has 112 valence electrons. The number of aliphatic hydroxyl groups excluding tert-OH is 1. The maximum absolute atomic E-state index is 9.40. The topological polar surface area (TPSA) is 40.5 Å². The minimum absolute atomic E-state index is 0.183. The lowest BCUT2D eigenvalue weighted by Gasteiger charge is -2.35. The summed E-state index contributed by atoms with van der Waals surface area (Å²) in [7, 11) is 0. The highest BCUT2D eigenvalue weighted by Crippen LogP contribution is 2.44. The number of allylic oxidation sites excluding steroid dienone is 2. The van der Waals surface area contributed by atoms with E-state index in [4.69, 9.17) is 0 Å². The van der Waals surface area contributed by atoms with Crippen molar-refractivity contribution in [1.29, 1.82) is 0 Å². The Hall–Kier alpha value is -1.12. The van der Waals surface area contributed by atoms with Crippen molar-refractivity contribution in [1.82, 2.24) is 0 Å². The second-order valence-electron chi connectivity index (χ2n) is 6.00. The van der Waals surface area contributed by atoms with Crippen LogP contribution >= 0.6 is 0 Å². The summed E-state index contributed by atoms with van der Waals surface area (Å²) in [6.07, 6.45) is -0.382. The number of aliphatic hydroxyl groups is 2. The van der Waals surface area contributed by atoms with Gasteiger partial charge < -0.3 is 10.2 Å². The monoisotopic (exact) mass is 276 g/mol.